The van der Waals surface area contributed by atoms with Crippen molar-refractivity contribution in [3.8, 4) is 11.4 Å². The molecule has 0 saturated carbocycles. The molecule has 62 valence electrons. The molecule has 1 aromatic carbocycles. The monoisotopic (exact) mass is 197 g/mol. The first-order chi connectivity index (χ1) is 5.97. The average Bonchev–Trinajstić information content (AvgIpc) is 2.21. The molecule has 0 saturated heterocycles. The van der Waals surface area contributed by atoms with Crippen LogP contribution in [0.4, 0.5) is 0 Å². The normalized spacial score (nSPS) is 9.67. The standard InChI is InChI=1S/C7H7N3S2/c1-2-4-6(5-3-1)7-8-11-10-12-9-7/h1-5,10H,(H,8,9). The molecule has 0 radical (unpaired) electrons. The van der Waals surface area contributed by atoms with Crippen LogP contribution >= 0.6 is 23.5 Å². The van der Waals surface area contributed by atoms with Gasteiger partial charge in [0, 0.05) is 17.3 Å². The highest BCUT2D eigenvalue weighted by Crippen LogP contribution is 2.13. The van der Waals surface area contributed by atoms with E-state index >= 15 is 0 Å². The molecule has 1 aromatic heterocycles. The molecule has 5 heteroatoms. The SMILES string of the molecule is c1ccc(-c2ns[nH]s[nH]2)cc1. The van der Waals surface area contributed by atoms with Crippen LogP contribution in [0, 0.1) is 0 Å². The Morgan fingerprint density at radius 2 is 2.00 bits per heavy atom. The van der Waals surface area contributed by atoms with Crippen LogP contribution in [-0.4, -0.2) is 12.5 Å². The maximum Gasteiger partial charge on any atom is 0.161 e. The molecular formula is C7H7N3S2. The van der Waals surface area contributed by atoms with Crippen molar-refractivity contribution in [3.63, 3.8) is 0 Å². The molecule has 2 aromatic rings. The summed E-state index contributed by atoms with van der Waals surface area (Å²) in [5, 5.41) is 0. The molecule has 0 unspecified atom stereocenters. The van der Waals surface area contributed by atoms with Crippen molar-refractivity contribution in [2.24, 2.45) is 0 Å². The average molecular weight is 197 g/mol. The maximum absolute atomic E-state index is 4.19. The van der Waals surface area contributed by atoms with Crippen molar-refractivity contribution in [3.05, 3.63) is 30.3 Å². The Balaban J connectivity index is 2.46. The van der Waals surface area contributed by atoms with Crippen LogP contribution < -0.4 is 0 Å². The van der Waals surface area contributed by atoms with Crippen LogP contribution in [0.1, 0.15) is 0 Å². The van der Waals surface area contributed by atoms with Gasteiger partial charge in [0.25, 0.3) is 0 Å². The fourth-order valence-electron chi connectivity index (χ4n) is 0.878. The van der Waals surface area contributed by atoms with Crippen LogP contribution in [0.5, 0.6) is 0 Å². The summed E-state index contributed by atoms with van der Waals surface area (Å²) >= 11 is 2.77. The third-order valence-corrected chi connectivity index (χ3v) is 2.61. The molecule has 0 amide bonds. The second kappa shape index (κ2) is 3.55. The van der Waals surface area contributed by atoms with E-state index in [-0.39, 0.29) is 0 Å². The summed E-state index contributed by atoms with van der Waals surface area (Å²) in [6.45, 7) is 0. The van der Waals surface area contributed by atoms with Crippen LogP contribution in [0.2, 0.25) is 0 Å². The second-order valence-corrected chi connectivity index (χ2v) is 3.62. The van der Waals surface area contributed by atoms with Crippen molar-refractivity contribution in [1.29, 1.82) is 0 Å². The highest BCUT2D eigenvalue weighted by molar-refractivity contribution is 7.11. The van der Waals surface area contributed by atoms with Crippen molar-refractivity contribution in [1.82, 2.24) is 12.5 Å². The minimum absolute atomic E-state index is 0.907. The zero-order valence-electron chi connectivity index (χ0n) is 6.15. The van der Waals surface area contributed by atoms with Gasteiger partial charge in [-0.3, -0.25) is 4.37 Å². The van der Waals surface area contributed by atoms with E-state index in [4.69, 9.17) is 0 Å². The van der Waals surface area contributed by atoms with E-state index < -0.39 is 0 Å². The Kier molecular flexibility index (Phi) is 2.24. The van der Waals surface area contributed by atoms with Gasteiger partial charge in [0.05, 0.1) is 11.7 Å². The summed E-state index contributed by atoms with van der Waals surface area (Å²) in [6, 6.07) is 10.0. The number of rotatable bonds is 1. The first-order valence-electron chi connectivity index (χ1n) is 3.43. The number of aromatic amines is 2. The summed E-state index contributed by atoms with van der Waals surface area (Å²) in [5.74, 6) is 0.907. The van der Waals surface area contributed by atoms with E-state index in [2.05, 4.69) is 12.5 Å². The number of benzene rings is 1. The quantitative estimate of drug-likeness (QED) is 0.725. The fourth-order valence-corrected chi connectivity index (χ4v) is 1.90. The van der Waals surface area contributed by atoms with Crippen molar-refractivity contribution < 1.29 is 0 Å². The summed E-state index contributed by atoms with van der Waals surface area (Å²) in [7, 11) is 0. The van der Waals surface area contributed by atoms with Crippen LogP contribution in [-0.2, 0) is 0 Å². The molecule has 0 bridgehead atoms. The zero-order valence-corrected chi connectivity index (χ0v) is 7.78. The van der Waals surface area contributed by atoms with Gasteiger partial charge >= 0.3 is 0 Å². The van der Waals surface area contributed by atoms with Crippen molar-refractivity contribution in [2.45, 2.75) is 0 Å². The first kappa shape index (κ1) is 7.57. The Hall–Kier alpha value is -1.07. The largest absolute Gasteiger partial charge is 0.279 e. The Labute approximate surface area is 78.0 Å². The summed E-state index contributed by atoms with van der Waals surface area (Å²) in [4.78, 5) is 0. The van der Waals surface area contributed by atoms with Crippen LogP contribution in [0.15, 0.2) is 30.3 Å². The second-order valence-electron chi connectivity index (χ2n) is 2.18. The van der Waals surface area contributed by atoms with Gasteiger partial charge in [-0.25, -0.2) is 3.76 Å². The molecule has 2 rings (SSSR count). The van der Waals surface area contributed by atoms with Gasteiger partial charge < -0.3 is 0 Å². The Morgan fingerprint density at radius 3 is 2.67 bits per heavy atom. The van der Waals surface area contributed by atoms with Gasteiger partial charge in [-0.15, -0.1) is 0 Å². The fraction of sp³-hybridized carbons (Fsp3) is 0. The molecule has 0 aliphatic carbocycles. The number of hydrogen-bond donors (Lipinski definition) is 2. The van der Waals surface area contributed by atoms with E-state index in [0.717, 1.165) is 11.4 Å². The van der Waals surface area contributed by atoms with Crippen molar-refractivity contribution in [2.75, 3.05) is 0 Å². The Morgan fingerprint density at radius 1 is 1.17 bits per heavy atom. The Bertz CT molecular complexity index is 314. The summed E-state index contributed by atoms with van der Waals surface area (Å²) in [5.41, 5.74) is 1.11. The summed E-state index contributed by atoms with van der Waals surface area (Å²) in [6.07, 6.45) is 0. The van der Waals surface area contributed by atoms with Crippen molar-refractivity contribution >= 4 is 23.5 Å². The van der Waals surface area contributed by atoms with Gasteiger partial charge in [0.15, 0.2) is 5.82 Å². The van der Waals surface area contributed by atoms with E-state index in [1.807, 2.05) is 30.3 Å². The van der Waals surface area contributed by atoms with E-state index in [0.29, 0.717) is 0 Å². The third kappa shape index (κ3) is 1.57. The summed E-state index contributed by atoms with van der Waals surface area (Å²) < 4.78 is 10.2. The zero-order chi connectivity index (χ0) is 8.23. The van der Waals surface area contributed by atoms with Gasteiger partial charge in [-0.1, -0.05) is 30.3 Å². The number of aromatic nitrogens is 3. The molecule has 0 aliphatic rings. The minimum atomic E-state index is 0.907. The lowest BCUT2D eigenvalue weighted by molar-refractivity contribution is 1.35. The molecule has 1 heterocycles. The lowest BCUT2D eigenvalue weighted by atomic mass is 10.2. The highest BCUT2D eigenvalue weighted by atomic mass is 32.2. The molecule has 0 aliphatic heterocycles. The lowest BCUT2D eigenvalue weighted by Crippen LogP contribution is -1.82. The minimum Gasteiger partial charge on any atom is -0.279 e. The van der Waals surface area contributed by atoms with E-state index in [1.165, 1.54) is 23.5 Å². The number of hydrogen-bond acceptors (Lipinski definition) is 3. The smallest absolute Gasteiger partial charge is 0.161 e. The maximum atomic E-state index is 4.19. The van der Waals surface area contributed by atoms with Gasteiger partial charge in [0.1, 0.15) is 0 Å². The van der Waals surface area contributed by atoms with E-state index in [9.17, 15) is 0 Å². The molecule has 0 spiro atoms. The van der Waals surface area contributed by atoms with Gasteiger partial charge in [-0.2, -0.15) is 4.37 Å². The number of nitrogens with one attached hydrogen (secondary N) is 2. The number of H-pyrrole nitrogens is 2. The molecule has 2 N–H and O–H groups in total. The lowest BCUT2D eigenvalue weighted by Gasteiger charge is -1.96. The highest BCUT2D eigenvalue weighted by Gasteiger charge is 1.95. The topological polar surface area (TPSA) is 44.5 Å². The molecule has 12 heavy (non-hydrogen) atoms. The molecule has 0 fully saturated rings. The number of nitrogens with zero attached hydrogens (tertiary/aromatic N) is 1. The van der Waals surface area contributed by atoms with Gasteiger partial charge in [-0.05, 0) is 0 Å². The molecule has 0 atom stereocenters. The predicted molar refractivity (Wildman–Crippen MR) is 51.8 cm³/mol. The van der Waals surface area contributed by atoms with Crippen LogP contribution in [0.25, 0.3) is 11.4 Å². The van der Waals surface area contributed by atoms with Crippen LogP contribution in [0.3, 0.4) is 0 Å². The molecular weight excluding hydrogens is 190 g/mol. The van der Waals surface area contributed by atoms with Gasteiger partial charge in [0.2, 0.25) is 0 Å². The third-order valence-electron chi connectivity index (χ3n) is 1.41. The van der Waals surface area contributed by atoms with E-state index in [1.54, 1.807) is 0 Å². The molecule has 3 nitrogen and oxygen atoms in total. The predicted octanol–water partition coefficient (Wildman–Crippen LogP) is 2.65. The first-order valence-corrected chi connectivity index (χ1v) is 5.02.